The van der Waals surface area contributed by atoms with Crippen molar-refractivity contribution in [2.75, 3.05) is 13.2 Å². The fraction of sp³-hybridized carbons (Fsp3) is 0.294. The molecule has 2 rings (SSSR count). The van der Waals surface area contributed by atoms with Crippen LogP contribution in [0.1, 0.15) is 24.9 Å². The maximum atomic E-state index is 5.66. The van der Waals surface area contributed by atoms with Crippen molar-refractivity contribution >= 4 is 15.9 Å². The normalized spacial score (nSPS) is 12.1. The fourth-order valence-electron chi connectivity index (χ4n) is 1.97. The van der Waals surface area contributed by atoms with Crippen molar-refractivity contribution in [1.82, 2.24) is 5.32 Å². The van der Waals surface area contributed by atoms with Gasteiger partial charge in [-0.3, -0.25) is 0 Å². The SMILES string of the molecule is C[C@H](NCCCOc1ccccc1)c1ccc(Br)cc1. The minimum Gasteiger partial charge on any atom is -0.494 e. The van der Waals surface area contributed by atoms with Gasteiger partial charge in [0.05, 0.1) is 6.61 Å². The molecule has 0 aliphatic carbocycles. The first kappa shape index (κ1) is 15.1. The van der Waals surface area contributed by atoms with E-state index in [0.717, 1.165) is 29.8 Å². The number of benzene rings is 2. The summed E-state index contributed by atoms with van der Waals surface area (Å²) in [7, 11) is 0. The molecule has 0 heterocycles. The minimum absolute atomic E-state index is 0.361. The highest BCUT2D eigenvalue weighted by atomic mass is 79.9. The zero-order valence-corrected chi connectivity index (χ0v) is 13.3. The molecule has 20 heavy (non-hydrogen) atoms. The summed E-state index contributed by atoms with van der Waals surface area (Å²) in [4.78, 5) is 0. The molecular weight excluding hydrogens is 314 g/mol. The van der Waals surface area contributed by atoms with Gasteiger partial charge in [0.15, 0.2) is 0 Å². The number of halogens is 1. The van der Waals surface area contributed by atoms with Gasteiger partial charge in [-0.1, -0.05) is 46.3 Å². The van der Waals surface area contributed by atoms with Crippen molar-refractivity contribution in [1.29, 1.82) is 0 Å². The number of ether oxygens (including phenoxy) is 1. The smallest absolute Gasteiger partial charge is 0.119 e. The van der Waals surface area contributed by atoms with Crippen LogP contribution in [0, 0.1) is 0 Å². The van der Waals surface area contributed by atoms with Gasteiger partial charge in [-0.2, -0.15) is 0 Å². The number of hydrogen-bond donors (Lipinski definition) is 1. The minimum atomic E-state index is 0.361. The molecule has 3 heteroatoms. The molecule has 0 saturated heterocycles. The van der Waals surface area contributed by atoms with Gasteiger partial charge in [-0.05, 0) is 49.7 Å². The van der Waals surface area contributed by atoms with Crippen LogP contribution in [0.3, 0.4) is 0 Å². The van der Waals surface area contributed by atoms with Crippen LogP contribution in [0.5, 0.6) is 5.75 Å². The Balaban J connectivity index is 1.64. The van der Waals surface area contributed by atoms with Crippen LogP contribution in [0.15, 0.2) is 59.1 Å². The fourth-order valence-corrected chi connectivity index (χ4v) is 2.23. The summed E-state index contributed by atoms with van der Waals surface area (Å²) in [5.41, 5.74) is 1.30. The first-order valence-electron chi connectivity index (χ1n) is 6.92. The van der Waals surface area contributed by atoms with Crippen LogP contribution in [-0.2, 0) is 0 Å². The predicted molar refractivity (Wildman–Crippen MR) is 87.1 cm³/mol. The molecule has 0 unspecified atom stereocenters. The lowest BCUT2D eigenvalue weighted by Gasteiger charge is -2.14. The molecule has 0 spiro atoms. The van der Waals surface area contributed by atoms with Gasteiger partial charge < -0.3 is 10.1 Å². The lowest BCUT2D eigenvalue weighted by Crippen LogP contribution is -2.21. The number of nitrogens with one attached hydrogen (secondary N) is 1. The Hall–Kier alpha value is -1.32. The van der Waals surface area contributed by atoms with Crippen molar-refractivity contribution in [3.63, 3.8) is 0 Å². The van der Waals surface area contributed by atoms with Crippen LogP contribution in [0.2, 0.25) is 0 Å². The zero-order chi connectivity index (χ0) is 14.2. The van der Waals surface area contributed by atoms with Gasteiger partial charge in [-0.25, -0.2) is 0 Å². The highest BCUT2D eigenvalue weighted by molar-refractivity contribution is 9.10. The van der Waals surface area contributed by atoms with Gasteiger partial charge in [0.25, 0.3) is 0 Å². The summed E-state index contributed by atoms with van der Waals surface area (Å²) >= 11 is 3.45. The molecule has 0 fully saturated rings. The first-order chi connectivity index (χ1) is 9.75. The van der Waals surface area contributed by atoms with E-state index in [0.29, 0.717) is 6.04 Å². The van der Waals surface area contributed by atoms with Crippen molar-refractivity contribution in [2.45, 2.75) is 19.4 Å². The van der Waals surface area contributed by atoms with Crippen LogP contribution in [0.25, 0.3) is 0 Å². The molecule has 0 saturated carbocycles. The molecule has 2 nitrogen and oxygen atoms in total. The summed E-state index contributed by atoms with van der Waals surface area (Å²) in [5, 5.41) is 3.51. The first-order valence-corrected chi connectivity index (χ1v) is 7.72. The van der Waals surface area contributed by atoms with Gasteiger partial charge in [-0.15, -0.1) is 0 Å². The van der Waals surface area contributed by atoms with Crippen molar-refractivity contribution in [2.24, 2.45) is 0 Å². The van der Waals surface area contributed by atoms with E-state index >= 15 is 0 Å². The van der Waals surface area contributed by atoms with Crippen LogP contribution in [-0.4, -0.2) is 13.2 Å². The second-order valence-electron chi connectivity index (χ2n) is 4.74. The maximum absolute atomic E-state index is 5.66. The Morgan fingerprint density at radius 3 is 2.45 bits per heavy atom. The monoisotopic (exact) mass is 333 g/mol. The Kier molecular flexibility index (Phi) is 6.09. The summed E-state index contributed by atoms with van der Waals surface area (Å²) < 4.78 is 6.78. The molecule has 1 N–H and O–H groups in total. The van der Waals surface area contributed by atoms with Gasteiger partial charge in [0, 0.05) is 10.5 Å². The maximum Gasteiger partial charge on any atom is 0.119 e. The Morgan fingerprint density at radius 2 is 1.75 bits per heavy atom. The number of para-hydroxylation sites is 1. The Morgan fingerprint density at radius 1 is 1.05 bits per heavy atom. The lowest BCUT2D eigenvalue weighted by molar-refractivity contribution is 0.305. The average molecular weight is 334 g/mol. The topological polar surface area (TPSA) is 21.3 Å². The van der Waals surface area contributed by atoms with Gasteiger partial charge in [0.2, 0.25) is 0 Å². The Labute approximate surface area is 129 Å². The van der Waals surface area contributed by atoms with Gasteiger partial charge >= 0.3 is 0 Å². The lowest BCUT2D eigenvalue weighted by atomic mass is 10.1. The summed E-state index contributed by atoms with van der Waals surface area (Å²) in [6.07, 6.45) is 0.996. The molecule has 0 bridgehead atoms. The summed E-state index contributed by atoms with van der Waals surface area (Å²) in [5.74, 6) is 0.938. The molecular formula is C17H20BrNO. The third kappa shape index (κ3) is 4.99. The van der Waals surface area contributed by atoms with E-state index in [1.54, 1.807) is 0 Å². The van der Waals surface area contributed by atoms with Crippen molar-refractivity contribution in [3.05, 3.63) is 64.6 Å². The second-order valence-corrected chi connectivity index (χ2v) is 5.66. The molecule has 0 radical (unpaired) electrons. The molecule has 0 aliphatic rings. The zero-order valence-electron chi connectivity index (χ0n) is 11.7. The van der Waals surface area contributed by atoms with E-state index in [1.807, 2.05) is 30.3 Å². The number of hydrogen-bond acceptors (Lipinski definition) is 2. The third-order valence-corrected chi connectivity index (χ3v) is 3.68. The predicted octanol–water partition coefficient (Wildman–Crippen LogP) is 4.57. The highest BCUT2D eigenvalue weighted by Gasteiger charge is 2.03. The highest BCUT2D eigenvalue weighted by Crippen LogP contribution is 2.16. The molecule has 0 amide bonds. The molecule has 1 atom stereocenters. The summed E-state index contributed by atoms with van der Waals surface area (Å²) in [6.45, 7) is 3.87. The standard InChI is InChI=1S/C17H20BrNO/c1-14(15-8-10-16(18)11-9-15)19-12-5-13-20-17-6-3-2-4-7-17/h2-4,6-11,14,19H,5,12-13H2,1H3/t14-/m0/s1. The van der Waals surface area contributed by atoms with Crippen LogP contribution < -0.4 is 10.1 Å². The van der Waals surface area contributed by atoms with E-state index in [-0.39, 0.29) is 0 Å². The van der Waals surface area contributed by atoms with Crippen molar-refractivity contribution in [3.8, 4) is 5.75 Å². The largest absolute Gasteiger partial charge is 0.494 e. The molecule has 0 aliphatic heterocycles. The van der Waals surface area contributed by atoms with E-state index in [1.165, 1.54) is 5.56 Å². The summed E-state index contributed by atoms with van der Waals surface area (Å²) in [6, 6.07) is 18.7. The quantitative estimate of drug-likeness (QED) is 0.749. The van der Waals surface area contributed by atoms with Crippen LogP contribution >= 0.6 is 15.9 Å². The van der Waals surface area contributed by atoms with E-state index < -0.39 is 0 Å². The third-order valence-electron chi connectivity index (χ3n) is 3.15. The van der Waals surface area contributed by atoms with Crippen molar-refractivity contribution < 1.29 is 4.74 Å². The molecule has 0 aromatic heterocycles. The van der Waals surface area contributed by atoms with Gasteiger partial charge in [0.1, 0.15) is 5.75 Å². The van der Waals surface area contributed by atoms with Crippen LogP contribution in [0.4, 0.5) is 0 Å². The molecule has 106 valence electrons. The molecule has 2 aromatic carbocycles. The number of rotatable bonds is 7. The second kappa shape index (κ2) is 8.08. The van der Waals surface area contributed by atoms with E-state index in [4.69, 9.17) is 4.74 Å². The molecule has 2 aromatic rings. The van der Waals surface area contributed by atoms with E-state index in [9.17, 15) is 0 Å². The average Bonchev–Trinajstić information content (AvgIpc) is 2.48. The Bertz CT molecular complexity index is 498. The van der Waals surface area contributed by atoms with E-state index in [2.05, 4.69) is 52.4 Å².